The topological polar surface area (TPSA) is 92.8 Å². The summed E-state index contributed by atoms with van der Waals surface area (Å²) in [6.45, 7) is 0.563. The van der Waals surface area contributed by atoms with Gasteiger partial charge in [-0.05, 0) is 42.8 Å². The molecule has 0 radical (unpaired) electrons. The Morgan fingerprint density at radius 1 is 0.825 bits per heavy atom. The summed E-state index contributed by atoms with van der Waals surface area (Å²) in [5, 5.41) is 0. The Bertz CT molecular complexity index is 1350. The van der Waals surface area contributed by atoms with E-state index in [9.17, 15) is 14.0 Å². The average Bonchev–Trinajstić information content (AvgIpc) is 2.98. The fourth-order valence-corrected chi connectivity index (χ4v) is 4.77. The number of carbonyl (C=O) groups is 2. The molecule has 1 fully saturated rings. The Hall–Kier alpha value is -4.31. The molecule has 0 aliphatic carbocycles. The first-order valence-electron chi connectivity index (χ1n) is 12.6. The number of methoxy groups -OCH3 is 5. The molecule has 3 aromatic rings. The molecule has 212 valence electrons. The van der Waals surface area contributed by atoms with Crippen LogP contribution in [0.4, 0.5) is 4.39 Å². The van der Waals surface area contributed by atoms with Gasteiger partial charge >= 0.3 is 0 Å². The predicted octanol–water partition coefficient (Wildman–Crippen LogP) is 4.46. The molecular weight excluding hydrogens is 521 g/mol. The molecule has 10 heteroatoms. The molecule has 3 aromatic carbocycles. The first-order chi connectivity index (χ1) is 19.4. The minimum atomic E-state index is -0.726. The van der Waals surface area contributed by atoms with Crippen LogP contribution in [-0.2, 0) is 9.53 Å². The summed E-state index contributed by atoms with van der Waals surface area (Å²) in [4.78, 5) is 27.5. The molecule has 2 atom stereocenters. The predicted molar refractivity (Wildman–Crippen MR) is 144 cm³/mol. The largest absolute Gasteiger partial charge is 0.493 e. The second-order valence-electron chi connectivity index (χ2n) is 8.97. The minimum absolute atomic E-state index is 0.203. The maximum Gasteiger partial charge on any atom is 0.254 e. The lowest BCUT2D eigenvalue weighted by atomic mass is 9.90. The molecule has 0 N–H and O–H groups in total. The summed E-state index contributed by atoms with van der Waals surface area (Å²) in [6.07, 6.45) is -0.266. The number of likely N-dealkylation sites (tertiary alicyclic amines) is 1. The van der Waals surface area contributed by atoms with Crippen molar-refractivity contribution in [3.8, 4) is 28.7 Å². The first kappa shape index (κ1) is 28.7. The number of ether oxygens (including phenoxy) is 6. The van der Waals surface area contributed by atoms with Gasteiger partial charge in [0.15, 0.2) is 34.9 Å². The first-order valence-corrected chi connectivity index (χ1v) is 12.6. The van der Waals surface area contributed by atoms with Crippen molar-refractivity contribution in [3.05, 3.63) is 77.1 Å². The van der Waals surface area contributed by atoms with Crippen LogP contribution in [0.15, 0.2) is 54.6 Å². The van der Waals surface area contributed by atoms with Gasteiger partial charge in [0, 0.05) is 30.3 Å². The third-order valence-corrected chi connectivity index (χ3v) is 6.78. The maximum atomic E-state index is 14.4. The lowest BCUT2D eigenvalue weighted by Gasteiger charge is -2.46. The number of benzene rings is 3. The SMILES string of the molecule is COc1ccc(C(=O)c2cc(OC)c(OC)c(OC)c2)cc1OCCCN1C(=O)[C@H](OC)[C@@H]1c1ccccc1F. The van der Waals surface area contributed by atoms with Crippen molar-refractivity contribution >= 4 is 11.7 Å². The molecule has 40 heavy (non-hydrogen) atoms. The molecule has 1 saturated heterocycles. The number of β-lactam (4-membered cyclic amide) rings is 1. The van der Waals surface area contributed by atoms with Gasteiger partial charge in [0.1, 0.15) is 5.82 Å². The average molecular weight is 554 g/mol. The highest BCUT2D eigenvalue weighted by molar-refractivity contribution is 6.10. The second kappa shape index (κ2) is 12.7. The van der Waals surface area contributed by atoms with Crippen molar-refractivity contribution in [1.29, 1.82) is 0 Å². The Labute approximate surface area is 232 Å². The zero-order valence-electron chi connectivity index (χ0n) is 23.1. The highest BCUT2D eigenvalue weighted by Gasteiger charge is 2.49. The molecule has 0 unspecified atom stereocenters. The maximum absolute atomic E-state index is 14.4. The number of carbonyl (C=O) groups excluding carboxylic acids is 2. The van der Waals surface area contributed by atoms with Gasteiger partial charge in [-0.15, -0.1) is 0 Å². The number of nitrogens with zero attached hydrogens (tertiary/aromatic N) is 1. The molecule has 0 spiro atoms. The number of hydrogen-bond donors (Lipinski definition) is 0. The molecular formula is C30H32FNO8. The zero-order chi connectivity index (χ0) is 28.8. The number of rotatable bonds is 13. The van der Waals surface area contributed by atoms with Crippen molar-refractivity contribution in [2.24, 2.45) is 0 Å². The summed E-state index contributed by atoms with van der Waals surface area (Å²) in [5.41, 5.74) is 1.12. The van der Waals surface area contributed by atoms with E-state index in [4.69, 9.17) is 28.4 Å². The Morgan fingerprint density at radius 2 is 1.48 bits per heavy atom. The van der Waals surface area contributed by atoms with E-state index in [1.807, 2.05) is 0 Å². The molecule has 9 nitrogen and oxygen atoms in total. The zero-order valence-corrected chi connectivity index (χ0v) is 23.1. The molecule has 1 heterocycles. The van der Waals surface area contributed by atoms with Crippen LogP contribution in [0.1, 0.15) is 33.9 Å². The van der Waals surface area contributed by atoms with Gasteiger partial charge in [0.25, 0.3) is 5.91 Å². The quantitative estimate of drug-likeness (QED) is 0.174. The minimum Gasteiger partial charge on any atom is -0.493 e. The third kappa shape index (κ3) is 5.53. The van der Waals surface area contributed by atoms with E-state index in [2.05, 4.69) is 0 Å². The lowest BCUT2D eigenvalue weighted by molar-refractivity contribution is -0.171. The fraction of sp³-hybridized carbons (Fsp3) is 0.333. The van der Waals surface area contributed by atoms with Crippen LogP contribution >= 0.6 is 0 Å². The fourth-order valence-electron chi connectivity index (χ4n) is 4.77. The van der Waals surface area contributed by atoms with Gasteiger partial charge in [-0.1, -0.05) is 18.2 Å². The molecule has 4 rings (SSSR count). The summed E-state index contributed by atoms with van der Waals surface area (Å²) in [6, 6.07) is 13.9. The van der Waals surface area contributed by atoms with E-state index in [0.717, 1.165) is 0 Å². The van der Waals surface area contributed by atoms with Gasteiger partial charge in [0.05, 0.1) is 41.1 Å². The Kier molecular flexibility index (Phi) is 9.11. The molecule has 0 bridgehead atoms. The van der Waals surface area contributed by atoms with E-state index in [0.29, 0.717) is 58.4 Å². The smallest absolute Gasteiger partial charge is 0.254 e. The van der Waals surface area contributed by atoms with E-state index in [1.54, 1.807) is 53.4 Å². The van der Waals surface area contributed by atoms with Crippen LogP contribution in [0.5, 0.6) is 28.7 Å². The summed E-state index contributed by atoms with van der Waals surface area (Å²) in [5.74, 6) is 1.06. The third-order valence-electron chi connectivity index (χ3n) is 6.78. The number of amides is 1. The van der Waals surface area contributed by atoms with Gasteiger partial charge < -0.3 is 33.3 Å². The van der Waals surface area contributed by atoms with Crippen molar-refractivity contribution in [3.63, 3.8) is 0 Å². The van der Waals surface area contributed by atoms with Crippen LogP contribution < -0.4 is 23.7 Å². The number of halogens is 1. The van der Waals surface area contributed by atoms with Crippen molar-refractivity contribution < 1.29 is 42.4 Å². The van der Waals surface area contributed by atoms with Crippen LogP contribution in [0.3, 0.4) is 0 Å². The number of ketones is 1. The summed E-state index contributed by atoms with van der Waals surface area (Å²) >= 11 is 0. The molecule has 1 aliphatic rings. The molecule has 1 aliphatic heterocycles. The standard InChI is InChI=1S/C30H32FNO8/c1-35-22-12-11-18(27(33)19-16-24(36-2)28(38-4)25(17-19)37-3)15-23(22)40-14-8-13-32-26(29(39-5)30(32)34)20-9-6-7-10-21(20)31/h6-7,9-12,15-17,26,29H,8,13-14H2,1-5H3/t26-,29+/m0/s1. The van der Waals surface area contributed by atoms with Crippen LogP contribution in [0.2, 0.25) is 0 Å². The second-order valence-corrected chi connectivity index (χ2v) is 8.97. The van der Waals surface area contributed by atoms with Gasteiger partial charge in [0.2, 0.25) is 5.75 Å². The Morgan fingerprint density at radius 3 is 2.08 bits per heavy atom. The summed E-state index contributed by atoms with van der Waals surface area (Å²) in [7, 11) is 7.39. The monoisotopic (exact) mass is 553 g/mol. The van der Waals surface area contributed by atoms with Crippen LogP contribution in [-0.4, -0.2) is 71.4 Å². The Balaban J connectivity index is 1.46. The van der Waals surface area contributed by atoms with E-state index in [1.165, 1.54) is 41.6 Å². The van der Waals surface area contributed by atoms with Gasteiger partial charge in [-0.2, -0.15) is 0 Å². The number of hydrogen-bond acceptors (Lipinski definition) is 8. The van der Waals surface area contributed by atoms with Gasteiger partial charge in [-0.25, -0.2) is 4.39 Å². The van der Waals surface area contributed by atoms with E-state index >= 15 is 0 Å². The highest BCUT2D eigenvalue weighted by Crippen LogP contribution is 2.40. The van der Waals surface area contributed by atoms with Crippen LogP contribution in [0.25, 0.3) is 0 Å². The van der Waals surface area contributed by atoms with Crippen molar-refractivity contribution in [1.82, 2.24) is 4.90 Å². The normalized spacial score (nSPS) is 16.2. The molecule has 1 amide bonds. The molecule has 0 aromatic heterocycles. The van der Waals surface area contributed by atoms with Crippen molar-refractivity contribution in [2.75, 3.05) is 48.7 Å². The van der Waals surface area contributed by atoms with Crippen molar-refractivity contribution in [2.45, 2.75) is 18.6 Å². The van der Waals surface area contributed by atoms with Gasteiger partial charge in [-0.3, -0.25) is 9.59 Å². The highest BCUT2D eigenvalue weighted by atomic mass is 19.1. The van der Waals surface area contributed by atoms with Crippen LogP contribution in [0, 0.1) is 5.82 Å². The summed E-state index contributed by atoms with van der Waals surface area (Å²) < 4.78 is 47.2. The van der Waals surface area contributed by atoms with E-state index in [-0.39, 0.29) is 24.1 Å². The van der Waals surface area contributed by atoms with E-state index < -0.39 is 12.1 Å². The molecule has 0 saturated carbocycles. The lowest BCUT2D eigenvalue weighted by Crippen LogP contribution is -2.60.